The zero-order valence-electron chi connectivity index (χ0n) is 15.0. The highest BCUT2D eigenvalue weighted by Crippen LogP contribution is 2.35. The van der Waals surface area contributed by atoms with Crippen LogP contribution in [0, 0.1) is 5.82 Å². The van der Waals surface area contributed by atoms with E-state index in [1.54, 1.807) is 10.8 Å². The second-order valence-corrected chi connectivity index (χ2v) is 7.43. The molecule has 0 saturated carbocycles. The monoisotopic (exact) mass is 426 g/mol. The quantitative estimate of drug-likeness (QED) is 0.628. The number of likely N-dealkylation sites (N-methyl/N-ethyl adjacent to an activating group) is 1. The van der Waals surface area contributed by atoms with Gasteiger partial charge in [-0.15, -0.1) is 0 Å². The summed E-state index contributed by atoms with van der Waals surface area (Å²) >= 11 is 1.34. The lowest BCUT2D eigenvalue weighted by molar-refractivity contribution is -0.140. The Labute approximate surface area is 165 Å². The van der Waals surface area contributed by atoms with E-state index in [2.05, 4.69) is 4.98 Å². The van der Waals surface area contributed by atoms with Crippen LogP contribution in [-0.4, -0.2) is 29.4 Å². The molecular weight excluding hydrogens is 412 g/mol. The van der Waals surface area contributed by atoms with E-state index in [0.29, 0.717) is 28.6 Å². The van der Waals surface area contributed by atoms with Crippen molar-refractivity contribution in [2.45, 2.75) is 18.8 Å². The van der Waals surface area contributed by atoms with Crippen LogP contribution in [-0.2, 0) is 17.5 Å². The number of hydrogen-bond donors (Lipinski definition) is 1. The molecular formula is C19H14F4N2O3S. The van der Waals surface area contributed by atoms with Gasteiger partial charge in [0.05, 0.1) is 30.2 Å². The van der Waals surface area contributed by atoms with Gasteiger partial charge in [-0.2, -0.15) is 24.5 Å². The molecule has 1 atom stereocenters. The maximum Gasteiger partial charge on any atom is 0.419 e. The molecule has 1 aliphatic heterocycles. The molecule has 10 heteroatoms. The first-order chi connectivity index (χ1) is 13.7. The number of amides is 1. The summed E-state index contributed by atoms with van der Waals surface area (Å²) in [6.45, 7) is 0.305. The maximum absolute atomic E-state index is 13.9. The van der Waals surface area contributed by atoms with Crippen molar-refractivity contribution in [1.82, 2.24) is 9.88 Å². The first kappa shape index (κ1) is 19.6. The fourth-order valence-corrected chi connectivity index (χ4v) is 4.32. The molecule has 1 amide bonds. The number of thiophene rings is 1. The molecule has 0 aliphatic carbocycles. The molecule has 3 aromatic rings. The van der Waals surface area contributed by atoms with Gasteiger partial charge in [0.15, 0.2) is 0 Å². The largest absolute Gasteiger partial charge is 0.419 e. The summed E-state index contributed by atoms with van der Waals surface area (Å²) in [4.78, 5) is 29.1. The van der Waals surface area contributed by atoms with Crippen molar-refractivity contribution < 1.29 is 27.1 Å². The Morgan fingerprint density at radius 1 is 1.28 bits per heavy atom. The van der Waals surface area contributed by atoms with Crippen LogP contribution in [0.4, 0.5) is 17.6 Å². The number of carbonyl (C=O) groups excluding carboxylic acids is 1. The molecule has 0 bridgehead atoms. The minimum Gasteiger partial charge on any atom is -0.373 e. The first-order valence-electron chi connectivity index (χ1n) is 8.51. The number of benzene rings is 1. The fraction of sp³-hybridized carbons (Fsp3) is 0.263. The highest BCUT2D eigenvalue weighted by atomic mass is 32.1. The number of H-pyrrole nitrogens is 1. The van der Waals surface area contributed by atoms with Gasteiger partial charge in [-0.05, 0) is 23.6 Å². The molecule has 0 saturated heterocycles. The lowest BCUT2D eigenvalue weighted by Gasteiger charge is -2.33. The highest BCUT2D eigenvalue weighted by Gasteiger charge is 2.35. The SMILES string of the molecule is CN(C(=O)c1ccc(C(F)(F)F)c(F)c1)[C@@H]1COCc2[nH]c(=O)c3cscc3c21. The predicted octanol–water partition coefficient (Wildman–Crippen LogP) is 4.09. The molecule has 5 nitrogen and oxygen atoms in total. The summed E-state index contributed by atoms with van der Waals surface area (Å²) in [6.07, 6.45) is -4.84. The molecule has 2 aromatic heterocycles. The molecule has 29 heavy (non-hydrogen) atoms. The topological polar surface area (TPSA) is 62.4 Å². The van der Waals surface area contributed by atoms with Gasteiger partial charge in [-0.25, -0.2) is 4.39 Å². The number of aromatic amines is 1. The molecule has 4 rings (SSSR count). The Kier molecular flexibility index (Phi) is 4.70. The number of nitrogens with zero attached hydrogens (tertiary/aromatic N) is 1. The summed E-state index contributed by atoms with van der Waals surface area (Å²) in [5.41, 5.74) is -0.648. The second kappa shape index (κ2) is 6.96. The third kappa shape index (κ3) is 3.32. The van der Waals surface area contributed by atoms with Crippen LogP contribution in [0.5, 0.6) is 0 Å². The Morgan fingerprint density at radius 3 is 2.69 bits per heavy atom. The van der Waals surface area contributed by atoms with Crippen LogP contribution in [0.2, 0.25) is 0 Å². The van der Waals surface area contributed by atoms with Crippen LogP contribution < -0.4 is 5.56 Å². The number of pyridine rings is 1. The second-order valence-electron chi connectivity index (χ2n) is 6.68. The summed E-state index contributed by atoms with van der Waals surface area (Å²) in [5, 5.41) is 4.69. The average Bonchev–Trinajstić information content (AvgIpc) is 3.16. The summed E-state index contributed by atoms with van der Waals surface area (Å²) in [6, 6.07) is 1.49. The molecule has 152 valence electrons. The van der Waals surface area contributed by atoms with E-state index in [9.17, 15) is 27.2 Å². The average molecular weight is 426 g/mol. The highest BCUT2D eigenvalue weighted by molar-refractivity contribution is 7.09. The third-order valence-electron chi connectivity index (χ3n) is 4.95. The van der Waals surface area contributed by atoms with Crippen LogP contribution in [0.15, 0.2) is 33.8 Å². The van der Waals surface area contributed by atoms with Gasteiger partial charge < -0.3 is 14.6 Å². The van der Waals surface area contributed by atoms with Gasteiger partial charge >= 0.3 is 6.18 Å². The van der Waals surface area contributed by atoms with Crippen LogP contribution in [0.3, 0.4) is 0 Å². The van der Waals surface area contributed by atoms with E-state index in [-0.39, 0.29) is 24.3 Å². The first-order valence-corrected chi connectivity index (χ1v) is 9.45. The maximum atomic E-state index is 13.9. The molecule has 0 fully saturated rings. The number of rotatable bonds is 2. The number of nitrogens with one attached hydrogen (secondary N) is 1. The van der Waals surface area contributed by atoms with Crippen molar-refractivity contribution in [3.05, 3.63) is 67.5 Å². The Bertz CT molecular complexity index is 1170. The minimum atomic E-state index is -4.84. The molecule has 3 heterocycles. The van der Waals surface area contributed by atoms with Crippen molar-refractivity contribution in [1.29, 1.82) is 0 Å². The van der Waals surface area contributed by atoms with Crippen molar-refractivity contribution >= 4 is 28.0 Å². The number of ether oxygens (including phenoxy) is 1. The number of fused-ring (bicyclic) bond motifs is 3. The molecule has 1 aliphatic rings. The molecule has 0 radical (unpaired) electrons. The standard InChI is InChI=1S/C19H14F4N2O3S/c1-25(18(27)9-2-3-12(13(20)4-9)19(21,22)23)15-6-28-5-14-16(15)10-7-29-8-11(10)17(26)24-14/h2-4,7-8,15H,5-6H2,1H3,(H,24,26)/t15-/m1/s1. The van der Waals surface area contributed by atoms with Crippen LogP contribution in [0.1, 0.15) is 33.2 Å². The summed E-state index contributed by atoms with van der Waals surface area (Å²) in [5.74, 6) is -2.17. The molecule has 1 N–H and O–H groups in total. The number of alkyl halides is 3. The van der Waals surface area contributed by atoms with E-state index in [1.807, 2.05) is 0 Å². The third-order valence-corrected chi connectivity index (χ3v) is 5.69. The lowest BCUT2D eigenvalue weighted by Crippen LogP contribution is -2.37. The Morgan fingerprint density at radius 2 is 2.00 bits per heavy atom. The fourth-order valence-electron chi connectivity index (χ4n) is 3.49. The Hall–Kier alpha value is -2.72. The smallest absolute Gasteiger partial charge is 0.373 e. The summed E-state index contributed by atoms with van der Waals surface area (Å²) < 4.78 is 57.7. The Balaban J connectivity index is 1.72. The van der Waals surface area contributed by atoms with E-state index < -0.39 is 29.5 Å². The van der Waals surface area contributed by atoms with Gasteiger partial charge in [-0.1, -0.05) is 0 Å². The number of halogens is 4. The molecule has 0 unspecified atom stereocenters. The zero-order chi connectivity index (χ0) is 20.9. The van der Waals surface area contributed by atoms with Gasteiger partial charge in [0.1, 0.15) is 5.82 Å². The van der Waals surface area contributed by atoms with Crippen molar-refractivity contribution in [2.75, 3.05) is 13.7 Å². The number of hydrogen-bond acceptors (Lipinski definition) is 4. The van der Waals surface area contributed by atoms with E-state index in [1.165, 1.54) is 23.3 Å². The van der Waals surface area contributed by atoms with Crippen LogP contribution in [0.25, 0.3) is 10.8 Å². The van der Waals surface area contributed by atoms with E-state index >= 15 is 0 Å². The zero-order valence-corrected chi connectivity index (χ0v) is 15.8. The van der Waals surface area contributed by atoms with Gasteiger partial charge in [0, 0.05) is 34.6 Å². The summed E-state index contributed by atoms with van der Waals surface area (Å²) in [7, 11) is 1.46. The molecule has 1 aromatic carbocycles. The van der Waals surface area contributed by atoms with Crippen molar-refractivity contribution in [3.63, 3.8) is 0 Å². The number of carbonyl (C=O) groups is 1. The normalized spacial score (nSPS) is 16.7. The minimum absolute atomic E-state index is 0.134. The van der Waals surface area contributed by atoms with Gasteiger partial charge in [-0.3, -0.25) is 9.59 Å². The van der Waals surface area contributed by atoms with Gasteiger partial charge in [0.2, 0.25) is 0 Å². The lowest BCUT2D eigenvalue weighted by atomic mass is 9.97. The van der Waals surface area contributed by atoms with Crippen molar-refractivity contribution in [2.24, 2.45) is 0 Å². The van der Waals surface area contributed by atoms with Gasteiger partial charge in [0.25, 0.3) is 11.5 Å². The van der Waals surface area contributed by atoms with E-state index in [0.717, 1.165) is 11.6 Å². The van der Waals surface area contributed by atoms with Crippen molar-refractivity contribution in [3.8, 4) is 0 Å². The number of aromatic nitrogens is 1. The van der Waals surface area contributed by atoms with Crippen LogP contribution >= 0.6 is 11.3 Å². The van der Waals surface area contributed by atoms with E-state index in [4.69, 9.17) is 4.74 Å². The molecule has 0 spiro atoms. The predicted molar refractivity (Wildman–Crippen MR) is 98.3 cm³/mol.